The van der Waals surface area contributed by atoms with E-state index in [9.17, 15) is 14.7 Å². The zero-order valence-corrected chi connectivity index (χ0v) is 16.9. The van der Waals surface area contributed by atoms with Crippen LogP contribution in [0, 0.1) is 5.41 Å². The molecule has 0 saturated heterocycles. The Morgan fingerprint density at radius 3 is 2.52 bits per heavy atom. The molecule has 0 unspecified atom stereocenters. The highest BCUT2D eigenvalue weighted by Gasteiger charge is 2.24. The van der Waals surface area contributed by atoms with Gasteiger partial charge in [0, 0.05) is 20.0 Å². The molecule has 27 heavy (non-hydrogen) atoms. The molecule has 0 aliphatic rings. The Hall–Kier alpha value is -2.06. The predicted octanol–water partition coefficient (Wildman–Crippen LogP) is 2.76. The van der Waals surface area contributed by atoms with Crippen LogP contribution in [-0.2, 0) is 11.2 Å². The second-order valence-corrected chi connectivity index (χ2v) is 8.08. The number of nitrogens with one attached hydrogen (secondary N) is 2. The van der Waals surface area contributed by atoms with Crippen LogP contribution in [0.15, 0.2) is 35.5 Å². The summed E-state index contributed by atoms with van der Waals surface area (Å²) in [4.78, 5) is 23.5. The first-order chi connectivity index (χ1) is 12.8. The van der Waals surface area contributed by atoms with Crippen molar-refractivity contribution in [1.29, 1.82) is 0 Å². The molecule has 0 heterocycles. The largest absolute Gasteiger partial charge is 0.410 e. The number of nitrogens with zero attached hydrogens (tertiary/aromatic N) is 1. The van der Waals surface area contributed by atoms with Crippen molar-refractivity contribution in [1.82, 2.24) is 10.6 Å². The molecule has 4 N–H and O–H groups in total. The highest BCUT2D eigenvalue weighted by molar-refractivity contribution is 8.26. The van der Waals surface area contributed by atoms with Gasteiger partial charge < -0.3 is 20.9 Å². The van der Waals surface area contributed by atoms with Gasteiger partial charge in [0.2, 0.25) is 5.91 Å². The lowest BCUT2D eigenvalue weighted by Gasteiger charge is -2.23. The lowest BCUT2D eigenvalue weighted by molar-refractivity contribution is -0.122. The van der Waals surface area contributed by atoms with Crippen molar-refractivity contribution < 1.29 is 19.9 Å². The van der Waals surface area contributed by atoms with Gasteiger partial charge in [-0.15, -0.1) is 0 Å². The highest BCUT2D eigenvalue weighted by Crippen LogP contribution is 2.20. The SMILES string of the molecule is CNC(=O)CC(C)(C)CNC(=O)SC(=NO)[C@@H](O)CCCc1ccccc1. The molecule has 0 aromatic heterocycles. The number of rotatable bonds is 9. The second-order valence-electron chi connectivity index (χ2n) is 7.09. The summed E-state index contributed by atoms with van der Waals surface area (Å²) in [5, 5.41) is 27.1. The fraction of sp³-hybridized carbons (Fsp3) is 0.526. The molecule has 0 saturated carbocycles. The van der Waals surface area contributed by atoms with E-state index in [1.54, 1.807) is 7.05 Å². The van der Waals surface area contributed by atoms with Crippen LogP contribution in [0.5, 0.6) is 0 Å². The average Bonchev–Trinajstić information content (AvgIpc) is 2.64. The van der Waals surface area contributed by atoms with Gasteiger partial charge in [0.05, 0.1) is 0 Å². The van der Waals surface area contributed by atoms with Crippen LogP contribution < -0.4 is 10.6 Å². The highest BCUT2D eigenvalue weighted by atomic mass is 32.2. The van der Waals surface area contributed by atoms with E-state index in [0.717, 1.165) is 12.0 Å². The number of thioether (sulfide) groups is 1. The summed E-state index contributed by atoms with van der Waals surface area (Å²) >= 11 is 0.664. The molecule has 1 aromatic rings. The van der Waals surface area contributed by atoms with Gasteiger partial charge in [0.1, 0.15) is 6.10 Å². The Morgan fingerprint density at radius 2 is 1.93 bits per heavy atom. The summed E-state index contributed by atoms with van der Waals surface area (Å²) in [5.74, 6) is -0.103. The summed E-state index contributed by atoms with van der Waals surface area (Å²) in [6, 6.07) is 9.88. The van der Waals surface area contributed by atoms with Gasteiger partial charge in [0.15, 0.2) is 5.04 Å². The third kappa shape index (κ3) is 9.44. The first-order valence-corrected chi connectivity index (χ1v) is 9.69. The van der Waals surface area contributed by atoms with Crippen LogP contribution in [-0.4, -0.2) is 46.2 Å². The molecule has 150 valence electrons. The maximum Gasteiger partial charge on any atom is 0.285 e. The third-order valence-electron chi connectivity index (χ3n) is 4.00. The number of aryl methyl sites for hydroxylation is 1. The van der Waals surface area contributed by atoms with Crippen LogP contribution >= 0.6 is 11.8 Å². The lowest BCUT2D eigenvalue weighted by Crippen LogP contribution is -2.36. The summed E-state index contributed by atoms with van der Waals surface area (Å²) in [5.41, 5.74) is 0.747. The molecule has 1 aromatic carbocycles. The molecule has 0 fully saturated rings. The smallest absolute Gasteiger partial charge is 0.285 e. The molecule has 1 atom stereocenters. The quantitative estimate of drug-likeness (QED) is 0.222. The Bertz CT molecular complexity index is 635. The normalized spacial score (nSPS) is 13.1. The van der Waals surface area contributed by atoms with Gasteiger partial charge in [-0.05, 0) is 42.0 Å². The topological polar surface area (TPSA) is 111 Å². The average molecular weight is 396 g/mol. The minimum atomic E-state index is -1.01. The number of hydrogen-bond acceptors (Lipinski definition) is 6. The molecule has 8 heteroatoms. The summed E-state index contributed by atoms with van der Waals surface area (Å²) in [6.45, 7) is 4.02. The number of aliphatic hydroxyl groups excluding tert-OH is 1. The monoisotopic (exact) mass is 395 g/mol. The van der Waals surface area contributed by atoms with Crippen molar-refractivity contribution in [2.24, 2.45) is 10.6 Å². The minimum Gasteiger partial charge on any atom is -0.410 e. The van der Waals surface area contributed by atoms with Gasteiger partial charge in [-0.2, -0.15) is 0 Å². The van der Waals surface area contributed by atoms with Crippen molar-refractivity contribution in [2.75, 3.05) is 13.6 Å². The van der Waals surface area contributed by atoms with Crippen LogP contribution in [0.4, 0.5) is 4.79 Å². The van der Waals surface area contributed by atoms with Gasteiger partial charge >= 0.3 is 0 Å². The summed E-state index contributed by atoms with van der Waals surface area (Å²) in [7, 11) is 1.57. The van der Waals surface area contributed by atoms with E-state index in [1.807, 2.05) is 44.2 Å². The Labute approximate surface area is 164 Å². The van der Waals surface area contributed by atoms with Gasteiger partial charge in [-0.3, -0.25) is 9.59 Å². The molecular formula is C19H29N3O4S. The van der Waals surface area contributed by atoms with E-state index in [-0.39, 0.29) is 23.9 Å². The van der Waals surface area contributed by atoms with E-state index in [0.29, 0.717) is 24.6 Å². The molecule has 0 bridgehead atoms. The van der Waals surface area contributed by atoms with E-state index >= 15 is 0 Å². The Kier molecular flexibility index (Phi) is 9.88. The van der Waals surface area contributed by atoms with E-state index in [2.05, 4.69) is 15.8 Å². The zero-order chi connectivity index (χ0) is 20.3. The van der Waals surface area contributed by atoms with E-state index in [4.69, 9.17) is 5.21 Å². The number of benzene rings is 1. The first kappa shape index (κ1) is 23.0. The van der Waals surface area contributed by atoms with Gasteiger partial charge in [-0.1, -0.05) is 49.3 Å². The number of hydrogen-bond donors (Lipinski definition) is 4. The van der Waals surface area contributed by atoms with E-state index < -0.39 is 16.8 Å². The van der Waals surface area contributed by atoms with Crippen molar-refractivity contribution in [3.05, 3.63) is 35.9 Å². The molecule has 0 spiro atoms. The number of oxime groups is 1. The summed E-state index contributed by atoms with van der Waals surface area (Å²) < 4.78 is 0. The van der Waals surface area contributed by atoms with E-state index in [1.165, 1.54) is 0 Å². The number of carbonyl (C=O) groups is 2. The molecular weight excluding hydrogens is 366 g/mol. The first-order valence-electron chi connectivity index (χ1n) is 8.87. The Balaban J connectivity index is 2.40. The van der Waals surface area contributed by atoms with Gasteiger partial charge in [-0.25, -0.2) is 0 Å². The van der Waals surface area contributed by atoms with Crippen molar-refractivity contribution >= 4 is 28.0 Å². The molecule has 0 aliphatic carbocycles. The number of carbonyl (C=O) groups excluding carboxylic acids is 2. The standard InChI is InChI=1S/C19H29N3O4S/c1-19(2,12-16(24)20-3)13-21-18(25)27-17(22-26)15(23)11-7-10-14-8-5-4-6-9-14/h4-6,8-9,15,23,26H,7,10-13H2,1-3H3,(H,20,24)(H,21,25)/t15-/m0/s1. The molecule has 2 amide bonds. The van der Waals surface area contributed by atoms with Crippen LogP contribution in [0.2, 0.25) is 0 Å². The number of aliphatic hydroxyl groups is 1. The van der Waals surface area contributed by atoms with Crippen LogP contribution in [0.25, 0.3) is 0 Å². The third-order valence-corrected chi connectivity index (χ3v) is 4.89. The lowest BCUT2D eigenvalue weighted by atomic mass is 9.89. The van der Waals surface area contributed by atoms with Crippen LogP contribution in [0.1, 0.15) is 38.7 Å². The minimum absolute atomic E-state index is 0.0373. The van der Waals surface area contributed by atoms with Crippen LogP contribution in [0.3, 0.4) is 0 Å². The fourth-order valence-electron chi connectivity index (χ4n) is 2.45. The zero-order valence-electron chi connectivity index (χ0n) is 16.1. The van der Waals surface area contributed by atoms with Crippen molar-refractivity contribution in [2.45, 2.75) is 45.6 Å². The predicted molar refractivity (Wildman–Crippen MR) is 108 cm³/mol. The maximum atomic E-state index is 12.1. The molecule has 0 aliphatic heterocycles. The van der Waals surface area contributed by atoms with Gasteiger partial charge in [0.25, 0.3) is 5.24 Å². The second kappa shape index (κ2) is 11.6. The fourth-order valence-corrected chi connectivity index (χ4v) is 3.08. The Morgan fingerprint density at radius 1 is 1.26 bits per heavy atom. The number of amides is 2. The van der Waals surface area contributed by atoms with Crippen molar-refractivity contribution in [3.8, 4) is 0 Å². The summed E-state index contributed by atoms with van der Waals surface area (Å²) in [6.07, 6.45) is 1.15. The molecule has 0 radical (unpaired) electrons. The maximum absolute atomic E-state index is 12.1. The molecule has 7 nitrogen and oxygen atoms in total. The molecule has 1 rings (SSSR count). The van der Waals surface area contributed by atoms with Crippen molar-refractivity contribution in [3.63, 3.8) is 0 Å².